The highest BCUT2D eigenvalue weighted by Crippen LogP contribution is 2.33. The van der Waals surface area contributed by atoms with Crippen LogP contribution in [0.5, 0.6) is 5.88 Å². The number of hydrogen-bond donors (Lipinski definition) is 3. The number of fused-ring (bicyclic) bond motifs is 1. The second-order valence-corrected chi connectivity index (χ2v) is 10.2. The van der Waals surface area contributed by atoms with Gasteiger partial charge in [0.1, 0.15) is 5.69 Å². The first kappa shape index (κ1) is 28.5. The molecule has 1 aliphatic rings. The number of ether oxygens (including phenoxy) is 2. The SMILES string of the molecule is CCC(C(=O)Nc1nccc2c(-c3nc(Nc4cn(CCOC)nc4OC)ncc3C)c[nH]c12)N1CCN(C)CC1. The first-order valence-corrected chi connectivity index (χ1v) is 13.8. The van der Waals surface area contributed by atoms with E-state index in [0.717, 1.165) is 60.3 Å². The van der Waals surface area contributed by atoms with Crippen LogP contribution in [0.15, 0.2) is 30.9 Å². The van der Waals surface area contributed by atoms with Gasteiger partial charge >= 0.3 is 0 Å². The Morgan fingerprint density at radius 2 is 2.00 bits per heavy atom. The average molecular weight is 563 g/mol. The number of nitrogens with one attached hydrogen (secondary N) is 3. The van der Waals surface area contributed by atoms with Crippen molar-refractivity contribution in [2.45, 2.75) is 32.9 Å². The Labute approximate surface area is 239 Å². The molecule has 13 nitrogen and oxygen atoms in total. The van der Waals surface area contributed by atoms with E-state index in [-0.39, 0.29) is 11.9 Å². The summed E-state index contributed by atoms with van der Waals surface area (Å²) in [5, 5.41) is 11.6. The summed E-state index contributed by atoms with van der Waals surface area (Å²) in [4.78, 5) is 35.0. The maximum Gasteiger partial charge on any atom is 0.256 e. The highest BCUT2D eigenvalue weighted by Gasteiger charge is 2.28. The quantitative estimate of drug-likeness (QED) is 0.250. The standard InChI is InChI=1S/C28H38N10O3/c1-6-22(37-11-9-36(3)10-12-37)26(39)34-25-24-19(7-8-29-25)20(16-30-24)23-18(2)15-31-28(33-23)32-21-17-38(13-14-40-4)35-27(21)41-5/h7-8,15-17,22,30H,6,9-14H2,1-5H3,(H,29,34,39)(H,31,32,33). The van der Waals surface area contributed by atoms with Gasteiger partial charge in [0.15, 0.2) is 5.82 Å². The highest BCUT2D eigenvalue weighted by atomic mass is 16.5. The van der Waals surface area contributed by atoms with Crippen LogP contribution >= 0.6 is 0 Å². The summed E-state index contributed by atoms with van der Waals surface area (Å²) in [6.07, 6.45) is 7.94. The summed E-state index contributed by atoms with van der Waals surface area (Å²) in [6, 6.07) is 1.72. The van der Waals surface area contributed by atoms with Crippen molar-refractivity contribution in [2.75, 3.05) is 64.7 Å². The van der Waals surface area contributed by atoms with Gasteiger partial charge in [0.2, 0.25) is 11.9 Å². The van der Waals surface area contributed by atoms with Crippen LogP contribution in [-0.2, 0) is 16.1 Å². The number of carbonyl (C=O) groups excluding carboxylic acids is 1. The molecule has 3 N–H and O–H groups in total. The van der Waals surface area contributed by atoms with E-state index in [1.54, 1.807) is 31.3 Å². The Hall–Kier alpha value is -4.07. The van der Waals surface area contributed by atoms with Crippen molar-refractivity contribution >= 4 is 34.3 Å². The van der Waals surface area contributed by atoms with Crippen LogP contribution in [0.3, 0.4) is 0 Å². The molecule has 0 spiro atoms. The number of hydrogen-bond acceptors (Lipinski definition) is 10. The van der Waals surface area contributed by atoms with E-state index in [4.69, 9.17) is 14.5 Å². The molecule has 0 saturated carbocycles. The second-order valence-electron chi connectivity index (χ2n) is 10.2. The van der Waals surface area contributed by atoms with Crippen LogP contribution in [0, 0.1) is 6.92 Å². The molecule has 0 radical (unpaired) electrons. The van der Waals surface area contributed by atoms with Crippen LogP contribution < -0.4 is 15.4 Å². The number of aromatic nitrogens is 6. The molecule has 0 aliphatic carbocycles. The number of aryl methyl sites for hydroxylation is 1. The lowest BCUT2D eigenvalue weighted by atomic mass is 10.1. The number of amides is 1. The van der Waals surface area contributed by atoms with Crippen LogP contribution in [0.2, 0.25) is 0 Å². The normalized spacial score (nSPS) is 15.2. The van der Waals surface area contributed by atoms with Crippen molar-refractivity contribution < 1.29 is 14.3 Å². The number of aromatic amines is 1. The van der Waals surface area contributed by atoms with E-state index in [1.807, 2.05) is 32.3 Å². The molecule has 1 amide bonds. The number of piperazine rings is 1. The molecule has 4 aromatic heterocycles. The Morgan fingerprint density at radius 3 is 2.73 bits per heavy atom. The van der Waals surface area contributed by atoms with Gasteiger partial charge in [0.05, 0.1) is 43.7 Å². The summed E-state index contributed by atoms with van der Waals surface area (Å²) in [5.74, 6) is 1.31. The van der Waals surface area contributed by atoms with Gasteiger partial charge in [-0.2, -0.15) is 0 Å². The lowest BCUT2D eigenvalue weighted by molar-refractivity contribution is -0.122. The number of likely N-dealkylation sites (N-methyl/N-ethyl adjacent to an activating group) is 1. The van der Waals surface area contributed by atoms with Crippen LogP contribution in [0.1, 0.15) is 18.9 Å². The van der Waals surface area contributed by atoms with E-state index in [1.165, 1.54) is 0 Å². The molecule has 5 rings (SSSR count). The zero-order chi connectivity index (χ0) is 28.9. The Kier molecular flexibility index (Phi) is 8.76. The summed E-state index contributed by atoms with van der Waals surface area (Å²) >= 11 is 0. The maximum atomic E-state index is 13.4. The van der Waals surface area contributed by atoms with Crippen molar-refractivity contribution in [1.29, 1.82) is 0 Å². The number of rotatable bonds is 11. The minimum absolute atomic E-state index is 0.0436. The fraction of sp³-hybridized carbons (Fsp3) is 0.464. The van der Waals surface area contributed by atoms with Crippen molar-refractivity contribution in [3.8, 4) is 17.1 Å². The Balaban J connectivity index is 1.39. The lowest BCUT2D eigenvalue weighted by Crippen LogP contribution is -2.52. The summed E-state index contributed by atoms with van der Waals surface area (Å²) in [6.45, 7) is 8.78. The number of H-pyrrole nitrogens is 1. The third-order valence-corrected chi connectivity index (χ3v) is 7.43. The van der Waals surface area contributed by atoms with Gasteiger partial charge in [-0.05, 0) is 32.0 Å². The van der Waals surface area contributed by atoms with Crippen molar-refractivity contribution in [3.05, 3.63) is 36.4 Å². The summed E-state index contributed by atoms with van der Waals surface area (Å²) in [7, 11) is 5.33. The maximum absolute atomic E-state index is 13.4. The second kappa shape index (κ2) is 12.6. The van der Waals surface area contributed by atoms with Gasteiger partial charge < -0.3 is 30.0 Å². The predicted octanol–water partition coefficient (Wildman–Crippen LogP) is 2.89. The minimum Gasteiger partial charge on any atom is -0.478 e. The Bertz CT molecular complexity index is 1490. The molecule has 1 aliphatic heterocycles. The molecule has 1 saturated heterocycles. The zero-order valence-electron chi connectivity index (χ0n) is 24.3. The average Bonchev–Trinajstić information content (AvgIpc) is 3.58. The molecule has 13 heteroatoms. The van der Waals surface area contributed by atoms with Crippen LogP contribution in [0.25, 0.3) is 22.2 Å². The van der Waals surface area contributed by atoms with Crippen LogP contribution in [0.4, 0.5) is 17.5 Å². The molecular formula is C28H38N10O3. The Morgan fingerprint density at radius 1 is 1.20 bits per heavy atom. The molecule has 218 valence electrons. The highest BCUT2D eigenvalue weighted by molar-refractivity contribution is 6.05. The lowest BCUT2D eigenvalue weighted by Gasteiger charge is -2.36. The van der Waals surface area contributed by atoms with Gasteiger partial charge in [-0.15, -0.1) is 5.10 Å². The van der Waals surface area contributed by atoms with Crippen molar-refractivity contribution in [3.63, 3.8) is 0 Å². The molecule has 1 atom stereocenters. The number of carbonyl (C=O) groups is 1. The number of nitrogens with zero attached hydrogens (tertiary/aromatic N) is 7. The van der Waals surface area contributed by atoms with Gasteiger partial charge in [0, 0.05) is 62.8 Å². The fourth-order valence-corrected chi connectivity index (χ4v) is 5.12. The monoisotopic (exact) mass is 562 g/mol. The van der Waals surface area contributed by atoms with E-state index < -0.39 is 0 Å². The van der Waals surface area contributed by atoms with Gasteiger partial charge in [-0.3, -0.25) is 14.4 Å². The molecule has 1 unspecified atom stereocenters. The molecule has 41 heavy (non-hydrogen) atoms. The van der Waals surface area contributed by atoms with Gasteiger partial charge in [-0.25, -0.2) is 15.0 Å². The van der Waals surface area contributed by atoms with Crippen molar-refractivity contribution in [1.82, 2.24) is 39.5 Å². The van der Waals surface area contributed by atoms with Gasteiger partial charge in [0.25, 0.3) is 5.88 Å². The first-order valence-electron chi connectivity index (χ1n) is 13.8. The number of methoxy groups -OCH3 is 2. The summed E-state index contributed by atoms with van der Waals surface area (Å²) in [5.41, 5.74) is 3.94. The molecular weight excluding hydrogens is 524 g/mol. The van der Waals surface area contributed by atoms with Crippen LogP contribution in [-0.4, -0.2) is 106 Å². The molecule has 0 bridgehead atoms. The smallest absolute Gasteiger partial charge is 0.256 e. The molecule has 0 aromatic carbocycles. The predicted molar refractivity (Wildman–Crippen MR) is 158 cm³/mol. The first-order chi connectivity index (χ1) is 19.9. The third-order valence-electron chi connectivity index (χ3n) is 7.43. The van der Waals surface area contributed by atoms with E-state index >= 15 is 0 Å². The fourth-order valence-electron chi connectivity index (χ4n) is 5.12. The molecule has 4 aromatic rings. The van der Waals surface area contributed by atoms with E-state index in [2.05, 4.69) is 47.5 Å². The minimum atomic E-state index is -0.205. The number of anilines is 3. The van der Waals surface area contributed by atoms with E-state index in [9.17, 15) is 4.79 Å². The summed E-state index contributed by atoms with van der Waals surface area (Å²) < 4.78 is 12.3. The zero-order valence-corrected chi connectivity index (χ0v) is 24.3. The van der Waals surface area contributed by atoms with Crippen molar-refractivity contribution in [2.24, 2.45) is 0 Å². The largest absolute Gasteiger partial charge is 0.478 e. The molecule has 1 fully saturated rings. The third kappa shape index (κ3) is 6.16. The van der Waals surface area contributed by atoms with Gasteiger partial charge in [-0.1, -0.05) is 6.92 Å². The number of pyridine rings is 1. The topological polar surface area (TPSA) is 138 Å². The molecule has 5 heterocycles. The van der Waals surface area contributed by atoms with E-state index in [0.29, 0.717) is 36.5 Å².